The highest BCUT2D eigenvalue weighted by Gasteiger charge is 2.14. The third kappa shape index (κ3) is 1.76. The number of benzene rings is 1. The fourth-order valence-electron chi connectivity index (χ4n) is 1.39. The molecule has 1 aromatic heterocycles. The van der Waals surface area contributed by atoms with E-state index in [9.17, 15) is 4.79 Å². The van der Waals surface area contributed by atoms with Gasteiger partial charge in [0, 0.05) is 10.9 Å². The van der Waals surface area contributed by atoms with Crippen LogP contribution in [0.4, 0.5) is 0 Å². The number of halogens is 1. The summed E-state index contributed by atoms with van der Waals surface area (Å²) in [5.41, 5.74) is 1.25. The van der Waals surface area contributed by atoms with Crippen LogP contribution in [-0.4, -0.2) is 11.1 Å². The summed E-state index contributed by atoms with van der Waals surface area (Å²) in [6, 6.07) is 7.64. The number of hydrogen-bond acceptors (Lipinski definition) is 2. The first-order valence-electron chi connectivity index (χ1n) is 4.24. The van der Waals surface area contributed by atoms with E-state index in [1.165, 1.54) is 11.3 Å². The second kappa shape index (κ2) is 4.04. The van der Waals surface area contributed by atoms with Gasteiger partial charge in [-0.15, -0.1) is 11.3 Å². The first kappa shape index (κ1) is 10.2. The van der Waals surface area contributed by atoms with Gasteiger partial charge in [-0.25, -0.2) is 4.79 Å². The van der Waals surface area contributed by atoms with Gasteiger partial charge in [0.1, 0.15) is 0 Å². The van der Waals surface area contributed by atoms with Crippen LogP contribution in [-0.2, 0) is 4.79 Å². The third-order valence-corrected chi connectivity index (χ3v) is 3.36. The smallest absolute Gasteiger partial charge is 0.338 e. The molecule has 0 saturated carbocycles. The van der Waals surface area contributed by atoms with E-state index in [2.05, 4.69) is 0 Å². The van der Waals surface area contributed by atoms with Gasteiger partial charge in [0.05, 0.1) is 10.5 Å². The molecule has 0 unspecified atom stereocenters. The minimum atomic E-state index is -1.00. The van der Waals surface area contributed by atoms with Crippen LogP contribution in [0.3, 0.4) is 0 Å². The van der Waals surface area contributed by atoms with Gasteiger partial charge in [0.2, 0.25) is 0 Å². The summed E-state index contributed by atoms with van der Waals surface area (Å²) >= 11 is 6.91. The van der Waals surface area contributed by atoms with Gasteiger partial charge in [-0.1, -0.05) is 35.9 Å². The summed E-state index contributed by atoms with van der Waals surface area (Å²) in [5.74, 6) is -1.00. The van der Waals surface area contributed by atoms with E-state index in [1.54, 1.807) is 0 Å². The monoisotopic (exact) mass is 238 g/mol. The Hall–Kier alpha value is -1.32. The van der Waals surface area contributed by atoms with E-state index in [-0.39, 0.29) is 5.57 Å². The van der Waals surface area contributed by atoms with E-state index >= 15 is 0 Å². The fraction of sp³-hybridized carbons (Fsp3) is 0. The second-order valence-electron chi connectivity index (χ2n) is 2.98. The van der Waals surface area contributed by atoms with Crippen molar-refractivity contribution in [2.45, 2.75) is 0 Å². The van der Waals surface area contributed by atoms with Gasteiger partial charge in [0.25, 0.3) is 0 Å². The van der Waals surface area contributed by atoms with Gasteiger partial charge in [-0.3, -0.25) is 0 Å². The lowest BCUT2D eigenvalue weighted by molar-refractivity contribution is -0.130. The topological polar surface area (TPSA) is 37.3 Å². The standard InChI is InChI=1S/C11H7ClO2S/c12-5-9(11(13)14)10-8-4-2-1-3-7(8)6-15-10/h1-6H,(H,13,14). The van der Waals surface area contributed by atoms with Crippen LogP contribution >= 0.6 is 22.9 Å². The van der Waals surface area contributed by atoms with E-state index in [0.29, 0.717) is 4.88 Å². The molecule has 76 valence electrons. The van der Waals surface area contributed by atoms with Crippen molar-refractivity contribution in [2.24, 2.45) is 0 Å². The average molecular weight is 239 g/mol. The predicted octanol–water partition coefficient (Wildman–Crippen LogP) is 3.57. The van der Waals surface area contributed by atoms with Crippen LogP contribution in [0.2, 0.25) is 0 Å². The van der Waals surface area contributed by atoms with Crippen LogP contribution in [0.5, 0.6) is 0 Å². The molecule has 0 aliphatic heterocycles. The minimum absolute atomic E-state index is 0.142. The molecule has 0 atom stereocenters. The zero-order chi connectivity index (χ0) is 10.8. The Morgan fingerprint density at radius 2 is 2.13 bits per heavy atom. The lowest BCUT2D eigenvalue weighted by Crippen LogP contribution is -1.96. The molecule has 0 saturated heterocycles. The summed E-state index contributed by atoms with van der Waals surface area (Å²) < 4.78 is 0. The maximum Gasteiger partial charge on any atom is 0.338 e. The number of thiophene rings is 1. The Labute approximate surface area is 95.4 Å². The molecule has 0 aliphatic carbocycles. The van der Waals surface area contributed by atoms with Crippen molar-refractivity contribution in [3.8, 4) is 0 Å². The Morgan fingerprint density at radius 1 is 1.40 bits per heavy atom. The van der Waals surface area contributed by atoms with Gasteiger partial charge in [-0.05, 0) is 10.8 Å². The highest BCUT2D eigenvalue weighted by Crippen LogP contribution is 2.31. The van der Waals surface area contributed by atoms with Crippen molar-refractivity contribution in [3.05, 3.63) is 40.1 Å². The molecular weight excluding hydrogens is 232 g/mol. The van der Waals surface area contributed by atoms with Crippen molar-refractivity contribution < 1.29 is 9.90 Å². The SMILES string of the molecule is O=C(O)C(=CCl)c1scc2ccccc12. The first-order chi connectivity index (χ1) is 7.24. The quantitative estimate of drug-likeness (QED) is 0.813. The number of rotatable bonds is 2. The molecule has 0 spiro atoms. The van der Waals surface area contributed by atoms with Crippen molar-refractivity contribution in [1.29, 1.82) is 0 Å². The lowest BCUT2D eigenvalue weighted by Gasteiger charge is -1.98. The molecule has 0 radical (unpaired) electrons. The molecule has 1 N–H and O–H groups in total. The summed E-state index contributed by atoms with van der Waals surface area (Å²) in [6.07, 6.45) is 0. The summed E-state index contributed by atoms with van der Waals surface area (Å²) in [6.45, 7) is 0. The maximum absolute atomic E-state index is 10.9. The molecule has 0 fully saturated rings. The number of fused-ring (bicyclic) bond motifs is 1. The molecule has 2 rings (SSSR count). The van der Waals surface area contributed by atoms with Crippen molar-refractivity contribution in [3.63, 3.8) is 0 Å². The van der Waals surface area contributed by atoms with Crippen LogP contribution < -0.4 is 0 Å². The molecule has 2 nitrogen and oxygen atoms in total. The van der Waals surface area contributed by atoms with E-state index in [0.717, 1.165) is 16.3 Å². The number of carboxylic acids is 1. The van der Waals surface area contributed by atoms with Gasteiger partial charge >= 0.3 is 5.97 Å². The summed E-state index contributed by atoms with van der Waals surface area (Å²) in [7, 11) is 0. The number of carboxylic acid groups (broad SMARTS) is 1. The van der Waals surface area contributed by atoms with Gasteiger partial charge in [-0.2, -0.15) is 0 Å². The second-order valence-corrected chi connectivity index (χ2v) is 4.08. The van der Waals surface area contributed by atoms with E-state index in [4.69, 9.17) is 16.7 Å². The number of aliphatic carboxylic acids is 1. The zero-order valence-corrected chi connectivity index (χ0v) is 9.18. The van der Waals surface area contributed by atoms with Gasteiger partial charge in [0.15, 0.2) is 0 Å². The average Bonchev–Trinajstić information content (AvgIpc) is 2.63. The molecule has 1 heterocycles. The predicted molar refractivity (Wildman–Crippen MR) is 63.3 cm³/mol. The van der Waals surface area contributed by atoms with Crippen LogP contribution in [0.25, 0.3) is 16.3 Å². The summed E-state index contributed by atoms with van der Waals surface area (Å²) in [4.78, 5) is 11.6. The van der Waals surface area contributed by atoms with Crippen molar-refractivity contribution >= 4 is 45.3 Å². The van der Waals surface area contributed by atoms with E-state index < -0.39 is 5.97 Å². The van der Waals surface area contributed by atoms with Crippen LogP contribution in [0.15, 0.2) is 35.2 Å². The highest BCUT2D eigenvalue weighted by atomic mass is 35.5. The Bertz CT molecular complexity index is 542. The molecule has 0 aliphatic rings. The summed E-state index contributed by atoms with van der Waals surface area (Å²) in [5, 5.41) is 12.8. The Kier molecular flexibility index (Phi) is 2.75. The Balaban J connectivity index is 2.67. The molecule has 4 heteroatoms. The third-order valence-electron chi connectivity index (χ3n) is 2.09. The van der Waals surface area contributed by atoms with Crippen molar-refractivity contribution in [1.82, 2.24) is 0 Å². The minimum Gasteiger partial charge on any atom is -0.478 e. The number of carbonyl (C=O) groups is 1. The highest BCUT2D eigenvalue weighted by molar-refractivity contribution is 7.13. The molecular formula is C11H7ClO2S. The molecule has 2 aromatic rings. The number of hydrogen-bond donors (Lipinski definition) is 1. The first-order valence-corrected chi connectivity index (χ1v) is 5.56. The van der Waals surface area contributed by atoms with E-state index in [1.807, 2.05) is 29.6 Å². The van der Waals surface area contributed by atoms with Gasteiger partial charge < -0.3 is 5.11 Å². The van der Waals surface area contributed by atoms with Crippen LogP contribution in [0.1, 0.15) is 4.88 Å². The molecule has 1 aromatic carbocycles. The molecule has 0 amide bonds. The largest absolute Gasteiger partial charge is 0.478 e. The normalized spacial score (nSPS) is 11.9. The van der Waals surface area contributed by atoms with Crippen molar-refractivity contribution in [2.75, 3.05) is 0 Å². The fourth-order valence-corrected chi connectivity index (χ4v) is 2.70. The Morgan fingerprint density at radius 3 is 2.80 bits per heavy atom. The maximum atomic E-state index is 10.9. The lowest BCUT2D eigenvalue weighted by atomic mass is 10.1. The zero-order valence-electron chi connectivity index (χ0n) is 7.61. The van der Waals surface area contributed by atoms with Crippen LogP contribution in [0, 0.1) is 0 Å². The molecule has 15 heavy (non-hydrogen) atoms. The molecule has 0 bridgehead atoms.